The number of aromatic amines is 1. The van der Waals surface area contributed by atoms with Crippen molar-refractivity contribution >= 4 is 28.4 Å². The highest BCUT2D eigenvalue weighted by Gasteiger charge is 2.36. The van der Waals surface area contributed by atoms with Crippen LogP contribution in [0.25, 0.3) is 16.7 Å². The Hall–Kier alpha value is -3.55. The van der Waals surface area contributed by atoms with Gasteiger partial charge in [0.15, 0.2) is 28.8 Å². The van der Waals surface area contributed by atoms with Gasteiger partial charge in [-0.3, -0.25) is 0 Å². The minimum Gasteiger partial charge on any atom is -0.360 e. The van der Waals surface area contributed by atoms with Crippen molar-refractivity contribution in [2.45, 2.75) is 38.7 Å². The zero-order valence-electron chi connectivity index (χ0n) is 18.1. The molecular weight excluding hydrogens is 461 g/mol. The second-order valence-electron chi connectivity index (χ2n) is 8.31. The van der Waals surface area contributed by atoms with Gasteiger partial charge in [-0.15, -0.1) is 5.10 Å². The molecule has 0 aliphatic carbocycles. The summed E-state index contributed by atoms with van der Waals surface area (Å²) in [7, 11) is 0. The Morgan fingerprint density at radius 1 is 1.12 bits per heavy atom. The van der Waals surface area contributed by atoms with E-state index in [9.17, 15) is 22.0 Å². The van der Waals surface area contributed by atoms with E-state index in [4.69, 9.17) is 0 Å². The Morgan fingerprint density at radius 2 is 1.85 bits per heavy atom. The fraction of sp³-hybridized carbons (Fsp3) is 0.400. The number of benzene rings is 1. The molecule has 14 heteroatoms. The molecule has 1 aliphatic heterocycles. The van der Waals surface area contributed by atoms with Crippen LogP contribution in [0.2, 0.25) is 0 Å². The highest BCUT2D eigenvalue weighted by molar-refractivity contribution is 5.76. The van der Waals surface area contributed by atoms with Gasteiger partial charge in [-0.1, -0.05) is 0 Å². The molecular formula is C20H20F5N9. The normalized spacial score (nSPS) is 19.3. The molecule has 3 aromatic heterocycles. The third kappa shape index (κ3) is 3.97. The van der Waals surface area contributed by atoms with Crippen molar-refractivity contribution in [3.05, 3.63) is 41.5 Å². The van der Waals surface area contributed by atoms with Crippen LogP contribution in [0.1, 0.15) is 25.4 Å². The molecule has 9 nitrogen and oxygen atoms in total. The van der Waals surface area contributed by atoms with Crippen molar-refractivity contribution in [3.8, 4) is 0 Å². The standard InChI is InChI=1S/C20H20F5N9/c1-9-7-33(8-10(2)28-9)19-31-17(18-27-5-13(20(23,24)25)34(18)32-19)26-6-14-29-12-4-3-11(21)15(22)16(12)30-14/h3-5,9-10,28H,6-8H2,1-2H3,(H,29,30)(H,26,31,32). The first kappa shape index (κ1) is 22.3. The average Bonchev–Trinajstić information content (AvgIpc) is 3.38. The summed E-state index contributed by atoms with van der Waals surface area (Å²) in [5.41, 5.74) is -1.05. The molecule has 2 unspecified atom stereocenters. The third-order valence-electron chi connectivity index (χ3n) is 5.50. The summed E-state index contributed by atoms with van der Waals surface area (Å²) in [6.45, 7) is 4.87. The number of H-pyrrole nitrogens is 1. The minimum atomic E-state index is -4.67. The lowest BCUT2D eigenvalue weighted by molar-refractivity contribution is -0.142. The molecule has 0 spiro atoms. The van der Waals surface area contributed by atoms with E-state index in [0.717, 1.165) is 10.6 Å². The molecule has 5 rings (SSSR count). The van der Waals surface area contributed by atoms with Crippen LogP contribution in [0.4, 0.5) is 33.7 Å². The lowest BCUT2D eigenvalue weighted by Crippen LogP contribution is -2.54. The van der Waals surface area contributed by atoms with E-state index in [2.05, 4.69) is 35.7 Å². The molecule has 4 heterocycles. The fourth-order valence-corrected chi connectivity index (χ4v) is 4.13. The summed E-state index contributed by atoms with van der Waals surface area (Å²) in [5.74, 6) is -1.72. The number of halogens is 5. The molecule has 0 radical (unpaired) electrons. The van der Waals surface area contributed by atoms with Crippen LogP contribution < -0.4 is 15.5 Å². The molecule has 0 amide bonds. The van der Waals surface area contributed by atoms with Crippen LogP contribution in [0.3, 0.4) is 0 Å². The maximum atomic E-state index is 14.0. The van der Waals surface area contributed by atoms with E-state index in [1.54, 1.807) is 4.90 Å². The van der Waals surface area contributed by atoms with Crippen molar-refractivity contribution in [1.82, 2.24) is 34.9 Å². The number of nitrogens with one attached hydrogen (secondary N) is 3. The smallest absolute Gasteiger partial charge is 0.360 e. The number of aromatic nitrogens is 6. The number of anilines is 2. The number of fused-ring (bicyclic) bond motifs is 2. The molecule has 34 heavy (non-hydrogen) atoms. The van der Waals surface area contributed by atoms with Gasteiger partial charge in [-0.05, 0) is 26.0 Å². The molecule has 1 aromatic carbocycles. The molecule has 1 fully saturated rings. The Morgan fingerprint density at radius 3 is 2.56 bits per heavy atom. The van der Waals surface area contributed by atoms with Crippen LogP contribution in [0.15, 0.2) is 18.3 Å². The van der Waals surface area contributed by atoms with Crippen molar-refractivity contribution in [1.29, 1.82) is 0 Å². The molecule has 3 N–H and O–H groups in total. The largest absolute Gasteiger partial charge is 0.435 e. The molecule has 0 saturated carbocycles. The third-order valence-corrected chi connectivity index (χ3v) is 5.50. The first-order chi connectivity index (χ1) is 16.1. The van der Waals surface area contributed by atoms with Crippen molar-refractivity contribution in [3.63, 3.8) is 0 Å². The van der Waals surface area contributed by atoms with Gasteiger partial charge in [0, 0.05) is 25.2 Å². The van der Waals surface area contributed by atoms with Crippen LogP contribution in [0, 0.1) is 11.6 Å². The molecule has 1 saturated heterocycles. The number of hydrogen-bond acceptors (Lipinski definition) is 7. The predicted molar refractivity (Wildman–Crippen MR) is 113 cm³/mol. The topological polar surface area (TPSA) is 99.1 Å². The van der Waals surface area contributed by atoms with Gasteiger partial charge in [0.1, 0.15) is 11.3 Å². The Bertz CT molecular complexity index is 1350. The van der Waals surface area contributed by atoms with Gasteiger partial charge in [0.25, 0.3) is 0 Å². The van der Waals surface area contributed by atoms with E-state index in [1.807, 2.05) is 13.8 Å². The van der Waals surface area contributed by atoms with Gasteiger partial charge < -0.3 is 20.5 Å². The van der Waals surface area contributed by atoms with Crippen molar-refractivity contribution < 1.29 is 22.0 Å². The summed E-state index contributed by atoms with van der Waals surface area (Å²) in [6, 6.07) is 2.49. The summed E-state index contributed by atoms with van der Waals surface area (Å²) < 4.78 is 68.9. The fourth-order valence-electron chi connectivity index (χ4n) is 4.13. The van der Waals surface area contributed by atoms with E-state index in [1.165, 1.54) is 6.07 Å². The predicted octanol–water partition coefficient (Wildman–Crippen LogP) is 3.10. The molecule has 4 aromatic rings. The lowest BCUT2D eigenvalue weighted by atomic mass is 10.1. The lowest BCUT2D eigenvalue weighted by Gasteiger charge is -2.36. The molecule has 2 atom stereocenters. The SMILES string of the molecule is CC1CN(c2nc(NCc3nc4c(F)c(F)ccc4[nH]3)c3ncc(C(F)(F)F)n3n2)CC(C)N1. The highest BCUT2D eigenvalue weighted by atomic mass is 19.4. The number of alkyl halides is 3. The van der Waals surface area contributed by atoms with Crippen LogP contribution in [0.5, 0.6) is 0 Å². The van der Waals surface area contributed by atoms with Crippen LogP contribution in [-0.4, -0.2) is 54.7 Å². The molecule has 180 valence electrons. The van der Waals surface area contributed by atoms with Crippen LogP contribution >= 0.6 is 0 Å². The van der Waals surface area contributed by atoms with E-state index in [0.29, 0.717) is 19.3 Å². The monoisotopic (exact) mass is 481 g/mol. The van der Waals surface area contributed by atoms with Gasteiger partial charge in [-0.2, -0.15) is 18.2 Å². The Labute approximate surface area is 189 Å². The Balaban J connectivity index is 1.53. The minimum absolute atomic E-state index is 0.0476. The first-order valence-electron chi connectivity index (χ1n) is 10.5. The number of hydrogen-bond donors (Lipinski definition) is 3. The zero-order chi connectivity index (χ0) is 24.2. The summed E-state index contributed by atoms with van der Waals surface area (Å²) in [6.07, 6.45) is -3.98. The molecule has 0 bridgehead atoms. The highest BCUT2D eigenvalue weighted by Crippen LogP contribution is 2.31. The number of piperazine rings is 1. The summed E-state index contributed by atoms with van der Waals surface area (Å²) in [5, 5.41) is 10.4. The summed E-state index contributed by atoms with van der Waals surface area (Å²) >= 11 is 0. The quantitative estimate of drug-likeness (QED) is 0.386. The number of nitrogens with zero attached hydrogens (tertiary/aromatic N) is 6. The van der Waals surface area contributed by atoms with Crippen molar-refractivity contribution in [2.24, 2.45) is 0 Å². The second kappa shape index (κ2) is 8.04. The van der Waals surface area contributed by atoms with E-state index in [-0.39, 0.29) is 52.9 Å². The van der Waals surface area contributed by atoms with Crippen LogP contribution in [-0.2, 0) is 12.7 Å². The van der Waals surface area contributed by atoms with Gasteiger partial charge in [0.05, 0.1) is 18.3 Å². The molecule has 1 aliphatic rings. The van der Waals surface area contributed by atoms with E-state index < -0.39 is 23.5 Å². The van der Waals surface area contributed by atoms with E-state index >= 15 is 0 Å². The average molecular weight is 481 g/mol. The zero-order valence-corrected chi connectivity index (χ0v) is 18.1. The summed E-state index contributed by atoms with van der Waals surface area (Å²) in [4.78, 5) is 17.0. The second-order valence-corrected chi connectivity index (χ2v) is 8.31. The number of rotatable bonds is 4. The van der Waals surface area contributed by atoms with Crippen molar-refractivity contribution in [2.75, 3.05) is 23.3 Å². The Kier molecular flexibility index (Phi) is 5.26. The maximum absolute atomic E-state index is 14.0. The van der Waals surface area contributed by atoms with Gasteiger partial charge in [0.2, 0.25) is 5.95 Å². The first-order valence-corrected chi connectivity index (χ1v) is 10.5. The van der Waals surface area contributed by atoms with Gasteiger partial charge >= 0.3 is 6.18 Å². The van der Waals surface area contributed by atoms with Gasteiger partial charge in [-0.25, -0.2) is 23.3 Å². The maximum Gasteiger partial charge on any atom is 0.435 e. The number of imidazole rings is 2.